The largest absolute Gasteiger partial charge is 0.493 e. The van der Waals surface area contributed by atoms with Gasteiger partial charge in [0.15, 0.2) is 11.5 Å². The number of carbonyl (C=O) groups is 1. The van der Waals surface area contributed by atoms with E-state index < -0.39 is 0 Å². The molecule has 2 aromatic rings. The summed E-state index contributed by atoms with van der Waals surface area (Å²) >= 11 is 0. The molecule has 130 valence electrons. The fourth-order valence-electron chi connectivity index (χ4n) is 2.30. The van der Waals surface area contributed by atoms with Crippen LogP contribution in [0.3, 0.4) is 0 Å². The Bertz CT molecular complexity index is 656. The van der Waals surface area contributed by atoms with Gasteiger partial charge in [-0.2, -0.15) is 0 Å². The highest BCUT2D eigenvalue weighted by molar-refractivity contribution is 5.94. The predicted octanol–water partition coefficient (Wildman–Crippen LogP) is 1.63. The lowest BCUT2D eigenvalue weighted by Gasteiger charge is -2.24. The van der Waals surface area contributed by atoms with E-state index >= 15 is 0 Å². The van der Waals surface area contributed by atoms with Crippen LogP contribution in [0.15, 0.2) is 30.7 Å². The Labute approximate surface area is 142 Å². The summed E-state index contributed by atoms with van der Waals surface area (Å²) in [5.41, 5.74) is 1.45. The van der Waals surface area contributed by atoms with E-state index in [1.54, 1.807) is 49.8 Å². The van der Waals surface area contributed by atoms with Crippen molar-refractivity contribution in [1.82, 2.24) is 19.8 Å². The summed E-state index contributed by atoms with van der Waals surface area (Å²) in [7, 11) is 7.09. The van der Waals surface area contributed by atoms with Gasteiger partial charge < -0.3 is 24.3 Å². The molecule has 7 heteroatoms. The van der Waals surface area contributed by atoms with Crippen LogP contribution in [0.5, 0.6) is 11.5 Å². The molecule has 0 aliphatic rings. The van der Waals surface area contributed by atoms with E-state index in [9.17, 15) is 4.79 Å². The first kappa shape index (κ1) is 17.8. The van der Waals surface area contributed by atoms with Gasteiger partial charge in [-0.1, -0.05) is 0 Å². The zero-order valence-electron chi connectivity index (χ0n) is 14.6. The van der Waals surface area contributed by atoms with Crippen LogP contribution in [0, 0.1) is 0 Å². The molecule has 1 aromatic heterocycles. The van der Waals surface area contributed by atoms with Crippen molar-refractivity contribution in [2.45, 2.75) is 6.54 Å². The maximum atomic E-state index is 12.9. The number of ether oxygens (including phenoxy) is 2. The van der Waals surface area contributed by atoms with E-state index in [1.807, 2.05) is 19.0 Å². The number of hydrogen-bond acceptors (Lipinski definition) is 5. The minimum atomic E-state index is -0.0626. The van der Waals surface area contributed by atoms with Crippen LogP contribution >= 0.6 is 0 Å². The van der Waals surface area contributed by atoms with Crippen molar-refractivity contribution in [2.24, 2.45) is 0 Å². The topological polar surface area (TPSA) is 70.7 Å². The first-order valence-electron chi connectivity index (χ1n) is 7.68. The number of nitrogens with zero attached hydrogens (tertiary/aromatic N) is 3. The van der Waals surface area contributed by atoms with Gasteiger partial charge in [-0.05, 0) is 32.3 Å². The Morgan fingerprint density at radius 1 is 1.17 bits per heavy atom. The standard InChI is InChI=1S/C17H24N4O3/c1-20(2)7-8-21(11-14-10-18-12-19-14)17(22)13-5-6-15(23-3)16(9-13)24-4/h5-6,9-10,12H,7-8,11H2,1-4H3,(H,18,19). The molecule has 1 aromatic carbocycles. The Morgan fingerprint density at radius 2 is 1.92 bits per heavy atom. The van der Waals surface area contributed by atoms with Crippen molar-refractivity contribution in [1.29, 1.82) is 0 Å². The number of H-pyrrole nitrogens is 1. The van der Waals surface area contributed by atoms with Gasteiger partial charge in [-0.3, -0.25) is 4.79 Å². The van der Waals surface area contributed by atoms with Crippen molar-refractivity contribution in [3.8, 4) is 11.5 Å². The zero-order chi connectivity index (χ0) is 17.5. The Kier molecular flexibility index (Phi) is 6.20. The molecule has 24 heavy (non-hydrogen) atoms. The van der Waals surface area contributed by atoms with E-state index in [0.717, 1.165) is 12.2 Å². The number of aromatic nitrogens is 2. The van der Waals surface area contributed by atoms with E-state index in [0.29, 0.717) is 30.2 Å². The van der Waals surface area contributed by atoms with Crippen LogP contribution in [0.1, 0.15) is 16.1 Å². The highest BCUT2D eigenvalue weighted by atomic mass is 16.5. The molecular formula is C17H24N4O3. The van der Waals surface area contributed by atoms with Crippen LogP contribution < -0.4 is 9.47 Å². The van der Waals surface area contributed by atoms with Crippen molar-refractivity contribution < 1.29 is 14.3 Å². The third kappa shape index (κ3) is 4.48. The fraction of sp³-hybridized carbons (Fsp3) is 0.412. The van der Waals surface area contributed by atoms with Gasteiger partial charge in [0.2, 0.25) is 0 Å². The molecule has 0 bridgehead atoms. The second kappa shape index (κ2) is 8.35. The van der Waals surface area contributed by atoms with Gasteiger partial charge in [0.1, 0.15) is 0 Å². The van der Waals surface area contributed by atoms with Crippen LogP contribution in [0.2, 0.25) is 0 Å². The zero-order valence-corrected chi connectivity index (χ0v) is 14.6. The number of amides is 1. The molecule has 0 saturated carbocycles. The molecule has 0 aliphatic carbocycles. The number of likely N-dealkylation sites (N-methyl/N-ethyl adjacent to an activating group) is 1. The van der Waals surface area contributed by atoms with Crippen molar-refractivity contribution >= 4 is 5.91 Å². The maximum Gasteiger partial charge on any atom is 0.254 e. The molecule has 0 atom stereocenters. The summed E-state index contributed by atoms with van der Waals surface area (Å²) in [6, 6.07) is 5.20. The molecule has 1 amide bonds. The Balaban J connectivity index is 2.22. The Hall–Kier alpha value is -2.54. The minimum Gasteiger partial charge on any atom is -0.493 e. The van der Waals surface area contributed by atoms with E-state index in [4.69, 9.17) is 9.47 Å². The lowest BCUT2D eigenvalue weighted by molar-refractivity contribution is 0.0729. The number of methoxy groups -OCH3 is 2. The van der Waals surface area contributed by atoms with Gasteiger partial charge in [0, 0.05) is 24.8 Å². The molecule has 1 heterocycles. The lowest BCUT2D eigenvalue weighted by Crippen LogP contribution is -2.36. The van der Waals surface area contributed by atoms with Crippen LogP contribution in [-0.2, 0) is 6.54 Å². The van der Waals surface area contributed by atoms with Gasteiger partial charge in [0.05, 0.1) is 32.8 Å². The minimum absolute atomic E-state index is 0.0626. The van der Waals surface area contributed by atoms with Crippen LogP contribution in [-0.4, -0.2) is 67.1 Å². The molecule has 0 aliphatic heterocycles. The van der Waals surface area contributed by atoms with Crippen molar-refractivity contribution in [2.75, 3.05) is 41.4 Å². The number of aromatic amines is 1. The highest BCUT2D eigenvalue weighted by Gasteiger charge is 2.18. The lowest BCUT2D eigenvalue weighted by atomic mass is 10.1. The van der Waals surface area contributed by atoms with Gasteiger partial charge in [-0.15, -0.1) is 0 Å². The van der Waals surface area contributed by atoms with E-state index in [-0.39, 0.29) is 5.91 Å². The highest BCUT2D eigenvalue weighted by Crippen LogP contribution is 2.28. The van der Waals surface area contributed by atoms with Crippen molar-refractivity contribution in [3.05, 3.63) is 42.0 Å². The number of imidazole rings is 1. The summed E-state index contributed by atoms with van der Waals surface area (Å²) in [6.07, 6.45) is 3.34. The van der Waals surface area contributed by atoms with Crippen LogP contribution in [0.4, 0.5) is 0 Å². The van der Waals surface area contributed by atoms with Gasteiger partial charge in [-0.25, -0.2) is 4.98 Å². The summed E-state index contributed by atoms with van der Waals surface area (Å²) in [5, 5.41) is 0. The number of carbonyl (C=O) groups excluding carboxylic acids is 1. The molecular weight excluding hydrogens is 308 g/mol. The molecule has 2 rings (SSSR count). The monoisotopic (exact) mass is 332 g/mol. The molecule has 0 unspecified atom stereocenters. The number of hydrogen-bond donors (Lipinski definition) is 1. The SMILES string of the molecule is COc1ccc(C(=O)N(CCN(C)C)Cc2cnc[nH]2)cc1OC. The summed E-state index contributed by atoms with van der Waals surface area (Å²) < 4.78 is 10.5. The normalized spacial score (nSPS) is 10.7. The first-order chi connectivity index (χ1) is 11.5. The molecule has 0 fully saturated rings. The summed E-state index contributed by atoms with van der Waals surface area (Å²) in [4.78, 5) is 23.8. The third-order valence-corrected chi connectivity index (χ3v) is 3.65. The molecule has 0 spiro atoms. The molecule has 7 nitrogen and oxygen atoms in total. The average Bonchev–Trinajstić information content (AvgIpc) is 3.10. The maximum absolute atomic E-state index is 12.9. The third-order valence-electron chi connectivity index (χ3n) is 3.65. The fourth-order valence-corrected chi connectivity index (χ4v) is 2.30. The summed E-state index contributed by atoms with van der Waals surface area (Å²) in [5.74, 6) is 1.08. The average molecular weight is 332 g/mol. The smallest absolute Gasteiger partial charge is 0.254 e. The van der Waals surface area contributed by atoms with E-state index in [1.165, 1.54) is 0 Å². The number of nitrogens with one attached hydrogen (secondary N) is 1. The van der Waals surface area contributed by atoms with Crippen molar-refractivity contribution in [3.63, 3.8) is 0 Å². The second-order valence-electron chi connectivity index (χ2n) is 5.68. The Morgan fingerprint density at radius 3 is 2.50 bits per heavy atom. The van der Waals surface area contributed by atoms with E-state index in [2.05, 4.69) is 9.97 Å². The number of benzene rings is 1. The van der Waals surface area contributed by atoms with Crippen LogP contribution in [0.25, 0.3) is 0 Å². The second-order valence-corrected chi connectivity index (χ2v) is 5.68. The first-order valence-corrected chi connectivity index (χ1v) is 7.68. The predicted molar refractivity (Wildman–Crippen MR) is 91.4 cm³/mol. The molecule has 0 radical (unpaired) electrons. The number of rotatable bonds is 8. The summed E-state index contributed by atoms with van der Waals surface area (Å²) in [6.45, 7) is 1.85. The molecule has 1 N–H and O–H groups in total. The molecule has 0 saturated heterocycles. The van der Waals surface area contributed by atoms with Gasteiger partial charge >= 0.3 is 0 Å². The quantitative estimate of drug-likeness (QED) is 0.796. The van der Waals surface area contributed by atoms with Gasteiger partial charge in [0.25, 0.3) is 5.91 Å².